The Balaban J connectivity index is 1.55. The number of amides is 1. The fourth-order valence-corrected chi connectivity index (χ4v) is 3.87. The molecule has 1 saturated carbocycles. The van der Waals surface area contributed by atoms with Gasteiger partial charge in [0.15, 0.2) is 0 Å². The van der Waals surface area contributed by atoms with Crippen molar-refractivity contribution in [1.82, 2.24) is 0 Å². The highest BCUT2D eigenvalue weighted by Gasteiger charge is 2.25. The molecule has 1 amide bonds. The van der Waals surface area contributed by atoms with Crippen LogP contribution in [0.3, 0.4) is 0 Å². The lowest BCUT2D eigenvalue weighted by Crippen LogP contribution is -2.30. The molecule has 2 aromatic rings. The summed E-state index contributed by atoms with van der Waals surface area (Å²) in [5.41, 5.74) is 1.36. The van der Waals surface area contributed by atoms with Gasteiger partial charge in [0.05, 0.1) is 24.6 Å². The Bertz CT molecular complexity index is 836. The van der Waals surface area contributed by atoms with Crippen LogP contribution in [0.2, 0.25) is 5.02 Å². The maximum atomic E-state index is 13.0. The third kappa shape index (κ3) is 6.47. The molecule has 30 heavy (non-hydrogen) atoms. The lowest BCUT2D eigenvalue weighted by Gasteiger charge is -2.29. The predicted molar refractivity (Wildman–Crippen MR) is 115 cm³/mol. The van der Waals surface area contributed by atoms with Crippen molar-refractivity contribution < 1.29 is 24.2 Å². The summed E-state index contributed by atoms with van der Waals surface area (Å²) in [6, 6.07) is 16.5. The van der Waals surface area contributed by atoms with Crippen LogP contribution in [0.5, 0.6) is 0 Å². The second kappa shape index (κ2) is 11.0. The molecular formula is C23H26ClNO5. The van der Waals surface area contributed by atoms with E-state index < -0.39 is 12.1 Å². The maximum Gasteiger partial charge on any atom is 0.418 e. The molecule has 0 unspecified atom stereocenters. The summed E-state index contributed by atoms with van der Waals surface area (Å²) in [5, 5.41) is 9.19. The van der Waals surface area contributed by atoms with Crippen LogP contribution in [0.25, 0.3) is 0 Å². The van der Waals surface area contributed by atoms with E-state index in [1.807, 2.05) is 36.4 Å². The lowest BCUT2D eigenvalue weighted by molar-refractivity contribution is -0.142. The van der Waals surface area contributed by atoms with Crippen LogP contribution >= 0.6 is 11.6 Å². The van der Waals surface area contributed by atoms with E-state index >= 15 is 0 Å². The number of aliphatic carboxylic acids is 1. The number of carbonyl (C=O) groups excluding carboxylic acids is 1. The Morgan fingerprint density at radius 2 is 1.57 bits per heavy atom. The van der Waals surface area contributed by atoms with Crippen molar-refractivity contribution in [3.8, 4) is 0 Å². The van der Waals surface area contributed by atoms with Crippen LogP contribution in [0, 0.1) is 11.8 Å². The van der Waals surface area contributed by atoms with Gasteiger partial charge in [0.25, 0.3) is 0 Å². The number of rotatable bonds is 8. The first-order valence-electron chi connectivity index (χ1n) is 10.1. The van der Waals surface area contributed by atoms with Gasteiger partial charge >= 0.3 is 12.1 Å². The predicted octanol–water partition coefficient (Wildman–Crippen LogP) is 5.52. The Hall–Kier alpha value is -2.57. The maximum absolute atomic E-state index is 13.0. The number of hydrogen-bond donors (Lipinski definition) is 1. The zero-order chi connectivity index (χ0) is 21.3. The molecule has 6 nitrogen and oxygen atoms in total. The minimum absolute atomic E-state index is 0.254. The van der Waals surface area contributed by atoms with Crippen LogP contribution in [0.1, 0.15) is 25.7 Å². The number of ether oxygens (including phenoxy) is 2. The number of hydrogen-bond acceptors (Lipinski definition) is 4. The van der Waals surface area contributed by atoms with Crippen molar-refractivity contribution in [1.29, 1.82) is 0 Å². The molecule has 0 saturated heterocycles. The van der Waals surface area contributed by atoms with Gasteiger partial charge in [-0.25, -0.2) is 14.5 Å². The van der Waals surface area contributed by atoms with Gasteiger partial charge in [-0.15, -0.1) is 0 Å². The lowest BCUT2D eigenvalue weighted by atomic mass is 9.83. The number of anilines is 2. The van der Waals surface area contributed by atoms with Crippen molar-refractivity contribution in [3.05, 3.63) is 59.6 Å². The SMILES string of the molecule is O=C(O)COC[C@H]1CC[C@H](COC(=O)N(c2ccccc2)c2cccc(Cl)c2)CC1. The molecule has 0 heterocycles. The largest absolute Gasteiger partial charge is 0.480 e. The molecule has 0 radical (unpaired) electrons. The Labute approximate surface area is 181 Å². The average molecular weight is 432 g/mol. The molecule has 0 aromatic heterocycles. The van der Waals surface area contributed by atoms with Gasteiger partial charge < -0.3 is 14.6 Å². The Morgan fingerprint density at radius 1 is 0.933 bits per heavy atom. The van der Waals surface area contributed by atoms with Gasteiger partial charge in [-0.3, -0.25) is 0 Å². The van der Waals surface area contributed by atoms with E-state index in [9.17, 15) is 9.59 Å². The molecule has 0 bridgehead atoms. The highest BCUT2D eigenvalue weighted by Crippen LogP contribution is 2.31. The van der Waals surface area contributed by atoms with Crippen molar-refractivity contribution in [2.75, 3.05) is 24.7 Å². The summed E-state index contributed by atoms with van der Waals surface area (Å²) >= 11 is 6.13. The van der Waals surface area contributed by atoms with E-state index in [0.29, 0.717) is 41.4 Å². The van der Waals surface area contributed by atoms with E-state index in [0.717, 1.165) is 25.7 Å². The molecule has 0 spiro atoms. The molecule has 1 aliphatic rings. The van der Waals surface area contributed by atoms with Gasteiger partial charge in [0, 0.05) is 5.02 Å². The molecule has 0 aliphatic heterocycles. The number of nitrogens with zero attached hydrogens (tertiary/aromatic N) is 1. The number of carboxylic acid groups (broad SMARTS) is 1. The number of halogens is 1. The monoisotopic (exact) mass is 431 g/mol. The third-order valence-electron chi connectivity index (χ3n) is 5.25. The number of carbonyl (C=O) groups is 2. The van der Waals surface area contributed by atoms with Crippen molar-refractivity contribution in [2.45, 2.75) is 25.7 Å². The van der Waals surface area contributed by atoms with Gasteiger partial charge in [-0.05, 0) is 67.9 Å². The van der Waals surface area contributed by atoms with E-state index in [-0.39, 0.29) is 6.61 Å². The fourth-order valence-electron chi connectivity index (χ4n) is 3.68. The van der Waals surface area contributed by atoms with Crippen molar-refractivity contribution in [2.24, 2.45) is 11.8 Å². The summed E-state index contributed by atoms with van der Waals surface area (Å²) < 4.78 is 10.9. The molecule has 1 aliphatic carbocycles. The quantitative estimate of drug-likeness (QED) is 0.595. The zero-order valence-corrected chi connectivity index (χ0v) is 17.5. The standard InChI is InChI=1S/C23H26ClNO5/c24-19-5-4-8-21(13-19)25(20-6-2-1-3-7-20)23(28)30-15-18-11-9-17(10-12-18)14-29-16-22(26)27/h1-8,13,17-18H,9-12,14-16H2,(H,26,27)/t17-,18-. The fraction of sp³-hybridized carbons (Fsp3) is 0.391. The molecule has 7 heteroatoms. The molecule has 160 valence electrons. The summed E-state index contributed by atoms with van der Waals surface area (Å²) in [6.45, 7) is 0.567. The Morgan fingerprint density at radius 3 is 2.20 bits per heavy atom. The van der Waals surface area contributed by atoms with Gasteiger partial charge in [-0.2, -0.15) is 0 Å². The number of carboxylic acids is 1. The molecular weight excluding hydrogens is 406 g/mol. The van der Waals surface area contributed by atoms with Crippen molar-refractivity contribution in [3.63, 3.8) is 0 Å². The van der Waals surface area contributed by atoms with Crippen LogP contribution in [0.4, 0.5) is 16.2 Å². The zero-order valence-electron chi connectivity index (χ0n) is 16.7. The topological polar surface area (TPSA) is 76.1 Å². The highest BCUT2D eigenvalue weighted by molar-refractivity contribution is 6.31. The second-order valence-corrected chi connectivity index (χ2v) is 7.96. The minimum Gasteiger partial charge on any atom is -0.480 e. The summed E-state index contributed by atoms with van der Waals surface area (Å²) in [6.07, 6.45) is 3.31. The molecule has 2 aromatic carbocycles. The van der Waals surface area contributed by atoms with E-state index in [2.05, 4.69) is 0 Å². The average Bonchev–Trinajstić information content (AvgIpc) is 2.74. The number of benzene rings is 2. The van der Waals surface area contributed by atoms with Crippen LogP contribution in [-0.2, 0) is 14.3 Å². The Kier molecular flexibility index (Phi) is 8.11. The first-order valence-corrected chi connectivity index (χ1v) is 10.5. The molecule has 3 rings (SSSR count). The smallest absolute Gasteiger partial charge is 0.418 e. The van der Waals surface area contributed by atoms with E-state index in [1.165, 1.54) is 4.90 Å². The van der Waals surface area contributed by atoms with Gasteiger partial charge in [-0.1, -0.05) is 35.9 Å². The van der Waals surface area contributed by atoms with Crippen LogP contribution < -0.4 is 4.90 Å². The van der Waals surface area contributed by atoms with E-state index in [4.69, 9.17) is 26.2 Å². The number of para-hydroxylation sites is 1. The van der Waals surface area contributed by atoms with Gasteiger partial charge in [0.2, 0.25) is 0 Å². The third-order valence-corrected chi connectivity index (χ3v) is 5.49. The highest BCUT2D eigenvalue weighted by atomic mass is 35.5. The van der Waals surface area contributed by atoms with E-state index in [1.54, 1.807) is 18.2 Å². The molecule has 1 N–H and O–H groups in total. The summed E-state index contributed by atoms with van der Waals surface area (Å²) in [4.78, 5) is 25.0. The van der Waals surface area contributed by atoms with Crippen LogP contribution in [0.15, 0.2) is 54.6 Å². The summed E-state index contributed by atoms with van der Waals surface area (Å²) in [7, 11) is 0. The molecule has 1 fully saturated rings. The van der Waals surface area contributed by atoms with Crippen LogP contribution in [-0.4, -0.2) is 37.0 Å². The van der Waals surface area contributed by atoms with Gasteiger partial charge in [0.1, 0.15) is 6.61 Å². The first kappa shape index (κ1) is 22.1. The first-order chi connectivity index (χ1) is 14.5. The molecule has 0 atom stereocenters. The normalized spacial score (nSPS) is 18.6. The van der Waals surface area contributed by atoms with Crippen molar-refractivity contribution >= 4 is 35.0 Å². The summed E-state index contributed by atoms with van der Waals surface area (Å²) in [5.74, 6) is -0.288. The minimum atomic E-state index is -0.946. The second-order valence-electron chi connectivity index (χ2n) is 7.52.